The lowest BCUT2D eigenvalue weighted by molar-refractivity contribution is -0.135. The zero-order chi connectivity index (χ0) is 15.1. The standard InChI is InChI=1S/C16H20O5/c1-18-11-14-16(19-2)15(13(8-17)10-20-14)21-9-12-6-4-3-5-7-12/h3-8,10,14-16H,9,11H2,1-2H3/t14-,15+,16+/m1/s1. The highest BCUT2D eigenvalue weighted by Gasteiger charge is 2.37. The molecule has 5 heteroatoms. The van der Waals surface area contributed by atoms with Crippen molar-refractivity contribution in [2.45, 2.75) is 24.9 Å². The van der Waals surface area contributed by atoms with Crippen LogP contribution in [0.25, 0.3) is 0 Å². The van der Waals surface area contributed by atoms with Crippen LogP contribution in [0.5, 0.6) is 0 Å². The summed E-state index contributed by atoms with van der Waals surface area (Å²) in [6.45, 7) is 0.766. The second-order valence-electron chi connectivity index (χ2n) is 4.78. The normalized spacial score (nSPS) is 25.0. The maximum atomic E-state index is 11.2. The monoisotopic (exact) mass is 292 g/mol. The Balaban J connectivity index is 2.09. The van der Waals surface area contributed by atoms with Gasteiger partial charge in [-0.25, -0.2) is 0 Å². The molecule has 0 radical (unpaired) electrons. The van der Waals surface area contributed by atoms with E-state index in [-0.39, 0.29) is 12.2 Å². The van der Waals surface area contributed by atoms with Crippen molar-refractivity contribution in [1.82, 2.24) is 0 Å². The molecule has 0 unspecified atom stereocenters. The van der Waals surface area contributed by atoms with Crippen molar-refractivity contribution in [3.8, 4) is 0 Å². The lowest BCUT2D eigenvalue weighted by atomic mass is 9.99. The van der Waals surface area contributed by atoms with Gasteiger partial charge < -0.3 is 18.9 Å². The molecule has 3 atom stereocenters. The predicted octanol–water partition coefficient (Wildman–Crippen LogP) is 1.71. The Morgan fingerprint density at radius 3 is 2.62 bits per heavy atom. The SMILES string of the molecule is COC[C@H]1OC=C(C=O)[C@H](OCc2ccccc2)[C@H]1OC. The number of carbonyl (C=O) groups excluding carboxylic acids is 1. The van der Waals surface area contributed by atoms with Crippen molar-refractivity contribution >= 4 is 6.29 Å². The summed E-state index contributed by atoms with van der Waals surface area (Å²) in [6.07, 6.45) is 1.01. The van der Waals surface area contributed by atoms with Gasteiger partial charge >= 0.3 is 0 Å². The van der Waals surface area contributed by atoms with Gasteiger partial charge in [0.2, 0.25) is 0 Å². The third-order valence-corrected chi connectivity index (χ3v) is 3.38. The van der Waals surface area contributed by atoms with Crippen LogP contribution in [0.1, 0.15) is 5.56 Å². The number of aldehydes is 1. The van der Waals surface area contributed by atoms with E-state index in [4.69, 9.17) is 18.9 Å². The Bertz CT molecular complexity index is 471. The lowest BCUT2D eigenvalue weighted by Gasteiger charge is -2.35. The van der Waals surface area contributed by atoms with E-state index in [1.165, 1.54) is 6.26 Å². The van der Waals surface area contributed by atoms with E-state index >= 15 is 0 Å². The van der Waals surface area contributed by atoms with Crippen molar-refractivity contribution < 1.29 is 23.7 Å². The summed E-state index contributed by atoms with van der Waals surface area (Å²) in [6, 6.07) is 9.78. The molecular weight excluding hydrogens is 272 g/mol. The molecule has 0 bridgehead atoms. The number of hydrogen-bond donors (Lipinski definition) is 0. The smallest absolute Gasteiger partial charge is 0.151 e. The summed E-state index contributed by atoms with van der Waals surface area (Å²) >= 11 is 0. The fourth-order valence-corrected chi connectivity index (χ4v) is 2.32. The third-order valence-electron chi connectivity index (χ3n) is 3.38. The van der Waals surface area contributed by atoms with Gasteiger partial charge in [-0.3, -0.25) is 4.79 Å². The van der Waals surface area contributed by atoms with Gasteiger partial charge in [-0.2, -0.15) is 0 Å². The quantitative estimate of drug-likeness (QED) is 0.716. The van der Waals surface area contributed by atoms with Crippen molar-refractivity contribution in [3.63, 3.8) is 0 Å². The fourth-order valence-electron chi connectivity index (χ4n) is 2.32. The highest BCUT2D eigenvalue weighted by Crippen LogP contribution is 2.24. The summed E-state index contributed by atoms with van der Waals surface area (Å²) in [4.78, 5) is 11.2. The fraction of sp³-hybridized carbons (Fsp3) is 0.438. The van der Waals surface area contributed by atoms with Crippen LogP contribution in [-0.2, 0) is 30.3 Å². The molecule has 0 saturated heterocycles. The van der Waals surface area contributed by atoms with E-state index in [2.05, 4.69) is 0 Å². The van der Waals surface area contributed by atoms with Crippen molar-refractivity contribution in [2.75, 3.05) is 20.8 Å². The molecule has 1 aliphatic heterocycles. The first-order chi connectivity index (χ1) is 10.3. The van der Waals surface area contributed by atoms with Crippen LogP contribution in [0.2, 0.25) is 0 Å². The molecule has 0 amide bonds. The molecule has 21 heavy (non-hydrogen) atoms. The molecule has 114 valence electrons. The average Bonchev–Trinajstić information content (AvgIpc) is 2.54. The molecule has 0 N–H and O–H groups in total. The molecular formula is C16H20O5. The first kappa shape index (κ1) is 15.7. The van der Waals surface area contributed by atoms with E-state index in [1.807, 2.05) is 30.3 Å². The Kier molecular flexibility index (Phi) is 5.92. The van der Waals surface area contributed by atoms with Gasteiger partial charge in [-0.05, 0) is 5.56 Å². The molecule has 1 heterocycles. The van der Waals surface area contributed by atoms with E-state index < -0.39 is 6.10 Å². The van der Waals surface area contributed by atoms with Crippen LogP contribution in [0.15, 0.2) is 42.2 Å². The maximum Gasteiger partial charge on any atom is 0.151 e. The number of hydrogen-bond acceptors (Lipinski definition) is 5. The average molecular weight is 292 g/mol. The number of ether oxygens (including phenoxy) is 4. The molecule has 0 aromatic heterocycles. The van der Waals surface area contributed by atoms with Crippen LogP contribution in [0.4, 0.5) is 0 Å². The van der Waals surface area contributed by atoms with Crippen molar-refractivity contribution in [1.29, 1.82) is 0 Å². The second kappa shape index (κ2) is 7.93. The van der Waals surface area contributed by atoms with Crippen LogP contribution < -0.4 is 0 Å². The van der Waals surface area contributed by atoms with Gasteiger partial charge in [0.15, 0.2) is 6.29 Å². The first-order valence-corrected chi connectivity index (χ1v) is 6.78. The number of methoxy groups -OCH3 is 2. The molecule has 1 aromatic rings. The minimum absolute atomic E-state index is 0.301. The summed E-state index contributed by atoms with van der Waals surface area (Å²) in [5.74, 6) is 0. The third kappa shape index (κ3) is 3.91. The molecule has 0 spiro atoms. The Morgan fingerprint density at radius 2 is 2.00 bits per heavy atom. The molecule has 1 aliphatic rings. The summed E-state index contributed by atoms with van der Waals surface area (Å²) in [5.41, 5.74) is 1.47. The van der Waals surface area contributed by atoms with Gasteiger partial charge in [-0.1, -0.05) is 30.3 Å². The largest absolute Gasteiger partial charge is 0.492 e. The minimum atomic E-state index is -0.471. The second-order valence-corrected chi connectivity index (χ2v) is 4.78. The van der Waals surface area contributed by atoms with Crippen LogP contribution in [0.3, 0.4) is 0 Å². The van der Waals surface area contributed by atoms with Crippen LogP contribution in [-0.4, -0.2) is 45.4 Å². The van der Waals surface area contributed by atoms with E-state index in [0.717, 1.165) is 11.8 Å². The summed E-state index contributed by atoms with van der Waals surface area (Å²) in [5, 5.41) is 0. The van der Waals surface area contributed by atoms with Gasteiger partial charge in [0.1, 0.15) is 18.3 Å². The zero-order valence-electron chi connectivity index (χ0n) is 12.2. The molecule has 0 saturated carbocycles. The van der Waals surface area contributed by atoms with E-state index in [9.17, 15) is 4.79 Å². The predicted molar refractivity (Wildman–Crippen MR) is 76.7 cm³/mol. The summed E-state index contributed by atoms with van der Waals surface area (Å²) < 4.78 is 22.0. The number of carbonyl (C=O) groups is 1. The molecule has 5 nitrogen and oxygen atoms in total. The Labute approximate surface area is 124 Å². The first-order valence-electron chi connectivity index (χ1n) is 6.78. The number of rotatable bonds is 7. The minimum Gasteiger partial charge on any atom is -0.492 e. The van der Waals surface area contributed by atoms with Gasteiger partial charge in [0, 0.05) is 14.2 Å². The maximum absolute atomic E-state index is 11.2. The van der Waals surface area contributed by atoms with Crippen LogP contribution in [0, 0.1) is 0 Å². The molecule has 0 aliphatic carbocycles. The van der Waals surface area contributed by atoms with Gasteiger partial charge in [-0.15, -0.1) is 0 Å². The molecule has 2 rings (SSSR count). The van der Waals surface area contributed by atoms with Gasteiger partial charge in [0.25, 0.3) is 0 Å². The topological polar surface area (TPSA) is 54.0 Å². The summed E-state index contributed by atoms with van der Waals surface area (Å²) in [7, 11) is 3.16. The van der Waals surface area contributed by atoms with E-state index in [1.54, 1.807) is 14.2 Å². The Morgan fingerprint density at radius 1 is 1.24 bits per heavy atom. The van der Waals surface area contributed by atoms with Crippen molar-refractivity contribution in [2.24, 2.45) is 0 Å². The molecule has 1 aromatic carbocycles. The molecule has 0 fully saturated rings. The van der Waals surface area contributed by atoms with Crippen LogP contribution >= 0.6 is 0 Å². The number of benzene rings is 1. The van der Waals surface area contributed by atoms with Crippen molar-refractivity contribution in [3.05, 3.63) is 47.7 Å². The van der Waals surface area contributed by atoms with Gasteiger partial charge in [0.05, 0.1) is 25.0 Å². The highest BCUT2D eigenvalue weighted by atomic mass is 16.6. The van der Waals surface area contributed by atoms with E-state index in [0.29, 0.717) is 18.8 Å². The lowest BCUT2D eigenvalue weighted by Crippen LogP contribution is -2.47. The zero-order valence-corrected chi connectivity index (χ0v) is 12.2. The highest BCUT2D eigenvalue weighted by molar-refractivity contribution is 5.74. The Hall–Kier alpha value is -1.69.